The maximum atomic E-state index is 9.29. The van der Waals surface area contributed by atoms with Crippen LogP contribution in [0, 0.1) is 11.3 Å². The van der Waals surface area contributed by atoms with Gasteiger partial charge in [-0.2, -0.15) is 5.26 Å². The molecule has 1 heterocycles. The summed E-state index contributed by atoms with van der Waals surface area (Å²) in [6.07, 6.45) is 4.92. The maximum absolute atomic E-state index is 9.29. The molecule has 1 fully saturated rings. The number of anilines is 1. The summed E-state index contributed by atoms with van der Waals surface area (Å²) in [6.45, 7) is 2.91. The fraction of sp³-hybridized carbons (Fsp3) is 0.412. The van der Waals surface area contributed by atoms with Crippen LogP contribution in [0.2, 0.25) is 0 Å². The highest BCUT2D eigenvalue weighted by molar-refractivity contribution is 5.76. The van der Waals surface area contributed by atoms with Crippen molar-refractivity contribution in [2.75, 3.05) is 5.73 Å². The number of nitrogens with zero attached hydrogens (tertiary/aromatic N) is 3. The van der Waals surface area contributed by atoms with E-state index in [-0.39, 0.29) is 0 Å². The molecule has 2 aromatic rings. The molecular weight excluding hydrogens is 260 g/mol. The number of imidazole rings is 1. The Hall–Kier alpha value is -2.28. The second-order valence-corrected chi connectivity index (χ2v) is 5.59. The largest absolute Gasteiger partial charge is 0.383 e. The topological polar surface area (TPSA) is 67.6 Å². The Kier molecular flexibility index (Phi) is 3.66. The molecule has 0 saturated heterocycles. The number of aromatic nitrogens is 2. The summed E-state index contributed by atoms with van der Waals surface area (Å²) in [6, 6.07) is 9.77. The average Bonchev–Trinajstić information content (AvgIpc) is 3.14. The van der Waals surface area contributed by atoms with Crippen LogP contribution in [0.4, 0.5) is 5.82 Å². The summed E-state index contributed by atoms with van der Waals surface area (Å²) in [4.78, 5) is 4.83. The molecule has 0 aliphatic heterocycles. The van der Waals surface area contributed by atoms with Crippen molar-refractivity contribution < 1.29 is 0 Å². The summed E-state index contributed by atoms with van der Waals surface area (Å²) >= 11 is 0. The highest BCUT2D eigenvalue weighted by Crippen LogP contribution is 2.38. The monoisotopic (exact) mass is 280 g/mol. The van der Waals surface area contributed by atoms with E-state index in [0.29, 0.717) is 17.3 Å². The average molecular weight is 280 g/mol. The first kappa shape index (κ1) is 13.7. The lowest BCUT2D eigenvalue weighted by Crippen LogP contribution is -2.08. The molecule has 4 nitrogen and oxygen atoms in total. The Labute approximate surface area is 125 Å². The number of hydrogen-bond donors (Lipinski definition) is 1. The Morgan fingerprint density at radius 3 is 2.71 bits per heavy atom. The second kappa shape index (κ2) is 5.61. The van der Waals surface area contributed by atoms with Gasteiger partial charge in [0.05, 0.1) is 11.6 Å². The third-order valence-electron chi connectivity index (χ3n) is 4.38. The van der Waals surface area contributed by atoms with Crippen molar-refractivity contribution in [2.24, 2.45) is 0 Å². The molecule has 0 radical (unpaired) electrons. The Balaban J connectivity index is 2.13. The Bertz CT molecular complexity index is 687. The molecule has 1 aromatic carbocycles. The third-order valence-corrected chi connectivity index (χ3v) is 4.38. The van der Waals surface area contributed by atoms with Crippen LogP contribution < -0.4 is 5.73 Å². The molecule has 0 spiro atoms. The summed E-state index contributed by atoms with van der Waals surface area (Å²) in [5.74, 6) is 2.28. The number of hydrogen-bond acceptors (Lipinski definition) is 3. The van der Waals surface area contributed by atoms with Gasteiger partial charge in [-0.15, -0.1) is 0 Å². The molecule has 0 bridgehead atoms. The van der Waals surface area contributed by atoms with Gasteiger partial charge in [0.15, 0.2) is 0 Å². The van der Waals surface area contributed by atoms with Crippen LogP contribution in [0.15, 0.2) is 24.3 Å². The van der Waals surface area contributed by atoms with Crippen LogP contribution in [0.25, 0.3) is 11.3 Å². The Morgan fingerprint density at radius 1 is 1.33 bits per heavy atom. The van der Waals surface area contributed by atoms with E-state index in [1.165, 1.54) is 25.7 Å². The minimum atomic E-state index is 0.509. The molecule has 1 aliphatic rings. The maximum Gasteiger partial charge on any atom is 0.131 e. The number of benzene rings is 1. The van der Waals surface area contributed by atoms with Gasteiger partial charge in [0.25, 0.3) is 0 Å². The molecule has 2 N–H and O–H groups in total. The minimum Gasteiger partial charge on any atom is -0.383 e. The summed E-state index contributed by atoms with van der Waals surface area (Å²) in [7, 11) is 0. The molecule has 108 valence electrons. The van der Waals surface area contributed by atoms with Gasteiger partial charge in [0.2, 0.25) is 0 Å². The quantitative estimate of drug-likeness (QED) is 0.932. The number of rotatable bonds is 3. The standard InChI is InChI=1S/C17H20N4/c1-2-21-16(19)15(14-10-6-5-9-13(14)11-18)20-17(21)12-7-3-4-8-12/h5-6,9-10,12H,2-4,7-8,19H2,1H3. The molecule has 1 saturated carbocycles. The number of nitrogen functional groups attached to an aromatic ring is 1. The van der Waals surface area contributed by atoms with Gasteiger partial charge in [0, 0.05) is 18.0 Å². The van der Waals surface area contributed by atoms with E-state index >= 15 is 0 Å². The van der Waals surface area contributed by atoms with Crippen molar-refractivity contribution in [1.29, 1.82) is 5.26 Å². The van der Waals surface area contributed by atoms with Crippen LogP contribution >= 0.6 is 0 Å². The zero-order valence-corrected chi connectivity index (χ0v) is 12.3. The van der Waals surface area contributed by atoms with Gasteiger partial charge in [-0.1, -0.05) is 31.0 Å². The molecular formula is C17H20N4. The van der Waals surface area contributed by atoms with E-state index in [2.05, 4.69) is 17.6 Å². The van der Waals surface area contributed by atoms with Crippen LogP contribution in [-0.4, -0.2) is 9.55 Å². The summed E-state index contributed by atoms with van der Waals surface area (Å²) < 4.78 is 2.11. The van der Waals surface area contributed by atoms with Crippen LogP contribution in [0.3, 0.4) is 0 Å². The number of nitrogens with two attached hydrogens (primary N) is 1. The lowest BCUT2D eigenvalue weighted by molar-refractivity contribution is 0.604. The zero-order valence-electron chi connectivity index (χ0n) is 12.3. The van der Waals surface area contributed by atoms with Crippen LogP contribution in [0.1, 0.15) is 49.9 Å². The second-order valence-electron chi connectivity index (χ2n) is 5.59. The highest BCUT2D eigenvalue weighted by atomic mass is 15.1. The van der Waals surface area contributed by atoms with E-state index in [4.69, 9.17) is 10.7 Å². The van der Waals surface area contributed by atoms with Gasteiger partial charge >= 0.3 is 0 Å². The van der Waals surface area contributed by atoms with E-state index in [9.17, 15) is 5.26 Å². The summed E-state index contributed by atoms with van der Waals surface area (Å²) in [5, 5.41) is 9.29. The zero-order chi connectivity index (χ0) is 14.8. The van der Waals surface area contributed by atoms with E-state index in [0.717, 1.165) is 23.6 Å². The SMILES string of the molecule is CCn1c(C2CCCC2)nc(-c2ccccc2C#N)c1N. The molecule has 1 aromatic heterocycles. The van der Waals surface area contributed by atoms with E-state index in [1.807, 2.05) is 24.3 Å². The van der Waals surface area contributed by atoms with E-state index in [1.54, 1.807) is 0 Å². The van der Waals surface area contributed by atoms with Gasteiger partial charge in [-0.3, -0.25) is 0 Å². The highest BCUT2D eigenvalue weighted by Gasteiger charge is 2.25. The van der Waals surface area contributed by atoms with Crippen molar-refractivity contribution in [1.82, 2.24) is 9.55 Å². The van der Waals surface area contributed by atoms with Crippen LogP contribution in [-0.2, 0) is 6.54 Å². The fourth-order valence-corrected chi connectivity index (χ4v) is 3.30. The Morgan fingerprint density at radius 2 is 2.05 bits per heavy atom. The van der Waals surface area contributed by atoms with Gasteiger partial charge in [-0.05, 0) is 25.8 Å². The summed E-state index contributed by atoms with van der Waals surface area (Å²) in [5.41, 5.74) is 8.55. The molecule has 0 atom stereocenters. The third kappa shape index (κ3) is 2.29. The molecule has 0 unspecified atom stereocenters. The van der Waals surface area contributed by atoms with Gasteiger partial charge in [-0.25, -0.2) is 4.98 Å². The van der Waals surface area contributed by atoms with Crippen molar-refractivity contribution in [2.45, 2.75) is 45.1 Å². The smallest absolute Gasteiger partial charge is 0.131 e. The van der Waals surface area contributed by atoms with Gasteiger partial charge < -0.3 is 10.3 Å². The predicted octanol–water partition coefficient (Wildman–Crippen LogP) is 3.68. The lowest BCUT2D eigenvalue weighted by atomic mass is 10.1. The normalized spacial score (nSPS) is 15.2. The first-order valence-corrected chi connectivity index (χ1v) is 7.61. The van der Waals surface area contributed by atoms with Gasteiger partial charge in [0.1, 0.15) is 17.3 Å². The molecule has 4 heteroatoms. The lowest BCUT2D eigenvalue weighted by Gasteiger charge is -2.11. The fourth-order valence-electron chi connectivity index (χ4n) is 3.30. The first-order valence-electron chi connectivity index (χ1n) is 7.61. The minimum absolute atomic E-state index is 0.509. The van der Waals surface area contributed by atoms with Crippen molar-refractivity contribution >= 4 is 5.82 Å². The predicted molar refractivity (Wildman–Crippen MR) is 83.7 cm³/mol. The number of nitriles is 1. The van der Waals surface area contributed by atoms with Crippen LogP contribution in [0.5, 0.6) is 0 Å². The molecule has 1 aliphatic carbocycles. The van der Waals surface area contributed by atoms with Crippen molar-refractivity contribution in [3.8, 4) is 17.3 Å². The molecule has 0 amide bonds. The first-order chi connectivity index (χ1) is 10.3. The van der Waals surface area contributed by atoms with Crippen molar-refractivity contribution in [3.05, 3.63) is 35.7 Å². The van der Waals surface area contributed by atoms with E-state index < -0.39 is 0 Å². The molecule has 21 heavy (non-hydrogen) atoms. The van der Waals surface area contributed by atoms with Crippen molar-refractivity contribution in [3.63, 3.8) is 0 Å². The molecule has 3 rings (SSSR count).